The second-order valence-electron chi connectivity index (χ2n) is 5.28. The Kier molecular flexibility index (Phi) is 5.22. The number of carbonyl (C=O) groups excluding carboxylic acids is 1. The third-order valence-electron chi connectivity index (χ3n) is 3.62. The Bertz CT molecular complexity index is 667. The van der Waals surface area contributed by atoms with E-state index < -0.39 is 0 Å². The van der Waals surface area contributed by atoms with E-state index in [2.05, 4.69) is 15.3 Å². The minimum absolute atomic E-state index is 0.243. The number of anilines is 2. The number of carbonyl (C=O) groups is 1. The second-order valence-corrected chi connectivity index (χ2v) is 5.28. The summed E-state index contributed by atoms with van der Waals surface area (Å²) < 4.78 is 10.7. The second kappa shape index (κ2) is 7.74. The van der Waals surface area contributed by atoms with Crippen LogP contribution in [0.2, 0.25) is 0 Å². The number of aromatic nitrogens is 2. The summed E-state index contributed by atoms with van der Waals surface area (Å²) in [4.78, 5) is 22.9. The summed E-state index contributed by atoms with van der Waals surface area (Å²) in [7, 11) is 0. The molecule has 0 saturated carbocycles. The summed E-state index contributed by atoms with van der Waals surface area (Å²) in [6.07, 6.45) is 3.09. The molecule has 7 heteroatoms. The van der Waals surface area contributed by atoms with E-state index in [1.54, 1.807) is 24.5 Å². The van der Waals surface area contributed by atoms with Crippen molar-refractivity contribution in [3.05, 3.63) is 42.2 Å². The van der Waals surface area contributed by atoms with Gasteiger partial charge in [0.05, 0.1) is 25.4 Å². The van der Waals surface area contributed by atoms with Gasteiger partial charge in [-0.05, 0) is 31.2 Å². The number of hydrogen-bond acceptors (Lipinski definition) is 6. The van der Waals surface area contributed by atoms with Gasteiger partial charge >= 0.3 is 0 Å². The minimum Gasteiger partial charge on any atom is -0.494 e. The Morgan fingerprint density at radius 2 is 1.88 bits per heavy atom. The molecule has 0 aliphatic carbocycles. The smallest absolute Gasteiger partial charge is 0.258 e. The standard InChI is InChI=1S/C17H20N4O3/c1-2-24-15-5-3-14(4-6-15)20-16(22)13-11-18-17(19-12-13)21-7-9-23-10-8-21/h3-6,11-12H,2,7-10H2,1H3,(H,20,22). The highest BCUT2D eigenvalue weighted by Crippen LogP contribution is 2.16. The fourth-order valence-electron chi connectivity index (χ4n) is 2.37. The van der Waals surface area contributed by atoms with Crippen LogP contribution in [0, 0.1) is 0 Å². The number of amides is 1. The van der Waals surface area contributed by atoms with Crippen LogP contribution in [0.3, 0.4) is 0 Å². The van der Waals surface area contributed by atoms with E-state index >= 15 is 0 Å². The monoisotopic (exact) mass is 328 g/mol. The Labute approximate surface area is 140 Å². The molecule has 7 nitrogen and oxygen atoms in total. The molecule has 24 heavy (non-hydrogen) atoms. The SMILES string of the molecule is CCOc1ccc(NC(=O)c2cnc(N3CCOCC3)nc2)cc1. The summed E-state index contributed by atoms with van der Waals surface area (Å²) in [6, 6.07) is 7.23. The maximum Gasteiger partial charge on any atom is 0.258 e. The van der Waals surface area contributed by atoms with Gasteiger partial charge < -0.3 is 19.7 Å². The van der Waals surface area contributed by atoms with E-state index in [1.807, 2.05) is 24.0 Å². The van der Waals surface area contributed by atoms with Gasteiger partial charge in [0.15, 0.2) is 0 Å². The normalized spacial score (nSPS) is 14.3. The number of rotatable bonds is 5. The third-order valence-corrected chi connectivity index (χ3v) is 3.62. The van der Waals surface area contributed by atoms with Crippen LogP contribution in [0.15, 0.2) is 36.7 Å². The average molecular weight is 328 g/mol. The Hall–Kier alpha value is -2.67. The lowest BCUT2D eigenvalue weighted by atomic mass is 10.2. The summed E-state index contributed by atoms with van der Waals surface area (Å²) in [5, 5.41) is 2.82. The van der Waals surface area contributed by atoms with Gasteiger partial charge in [-0.2, -0.15) is 0 Å². The average Bonchev–Trinajstić information content (AvgIpc) is 2.64. The molecule has 1 fully saturated rings. The summed E-state index contributed by atoms with van der Waals surface area (Å²) >= 11 is 0. The van der Waals surface area contributed by atoms with Crippen molar-refractivity contribution in [2.45, 2.75) is 6.92 Å². The number of nitrogens with zero attached hydrogens (tertiary/aromatic N) is 3. The van der Waals surface area contributed by atoms with Gasteiger partial charge in [0.1, 0.15) is 5.75 Å². The molecule has 1 aromatic carbocycles. The van der Waals surface area contributed by atoms with Crippen LogP contribution < -0.4 is 15.0 Å². The highest BCUT2D eigenvalue weighted by atomic mass is 16.5. The highest BCUT2D eigenvalue weighted by molar-refractivity contribution is 6.03. The van der Waals surface area contributed by atoms with Crippen molar-refractivity contribution in [2.24, 2.45) is 0 Å². The zero-order valence-corrected chi connectivity index (χ0v) is 13.6. The molecule has 1 amide bonds. The van der Waals surface area contributed by atoms with E-state index in [9.17, 15) is 4.79 Å². The van der Waals surface area contributed by atoms with E-state index in [1.165, 1.54) is 0 Å². The fourth-order valence-corrected chi connectivity index (χ4v) is 2.37. The molecule has 1 N–H and O–H groups in total. The lowest BCUT2D eigenvalue weighted by Crippen LogP contribution is -2.37. The van der Waals surface area contributed by atoms with Crippen LogP contribution in [0.1, 0.15) is 17.3 Å². The van der Waals surface area contributed by atoms with Gasteiger partial charge in [-0.25, -0.2) is 9.97 Å². The highest BCUT2D eigenvalue weighted by Gasteiger charge is 2.14. The van der Waals surface area contributed by atoms with Gasteiger partial charge in [0.2, 0.25) is 5.95 Å². The third kappa shape index (κ3) is 3.99. The molecule has 0 atom stereocenters. The van der Waals surface area contributed by atoms with Crippen molar-refractivity contribution in [1.29, 1.82) is 0 Å². The molecular formula is C17H20N4O3. The predicted molar refractivity (Wildman–Crippen MR) is 90.6 cm³/mol. The number of hydrogen-bond donors (Lipinski definition) is 1. The van der Waals surface area contributed by atoms with Gasteiger partial charge in [-0.1, -0.05) is 0 Å². The topological polar surface area (TPSA) is 76.6 Å². The molecule has 0 bridgehead atoms. The van der Waals surface area contributed by atoms with Crippen LogP contribution >= 0.6 is 0 Å². The molecule has 1 saturated heterocycles. The van der Waals surface area contributed by atoms with Gasteiger partial charge in [0, 0.05) is 31.2 Å². The quantitative estimate of drug-likeness (QED) is 0.904. The fraction of sp³-hybridized carbons (Fsp3) is 0.353. The van der Waals surface area contributed by atoms with Crippen molar-refractivity contribution in [1.82, 2.24) is 9.97 Å². The lowest BCUT2D eigenvalue weighted by molar-refractivity contribution is 0.102. The molecule has 2 aromatic rings. The van der Waals surface area contributed by atoms with Gasteiger partial charge in [-0.15, -0.1) is 0 Å². The Morgan fingerprint density at radius 1 is 1.21 bits per heavy atom. The van der Waals surface area contributed by atoms with Crippen LogP contribution in [-0.4, -0.2) is 48.8 Å². The number of ether oxygens (including phenoxy) is 2. The van der Waals surface area contributed by atoms with Crippen molar-refractivity contribution < 1.29 is 14.3 Å². The van der Waals surface area contributed by atoms with Crippen molar-refractivity contribution in [2.75, 3.05) is 43.1 Å². The van der Waals surface area contributed by atoms with E-state index in [4.69, 9.17) is 9.47 Å². The first-order chi connectivity index (χ1) is 11.8. The molecule has 0 spiro atoms. The Balaban J connectivity index is 1.62. The van der Waals surface area contributed by atoms with Crippen molar-refractivity contribution in [3.63, 3.8) is 0 Å². The maximum absolute atomic E-state index is 12.3. The molecule has 0 unspecified atom stereocenters. The Morgan fingerprint density at radius 3 is 2.50 bits per heavy atom. The summed E-state index contributed by atoms with van der Waals surface area (Å²) in [5.74, 6) is 1.15. The molecule has 3 rings (SSSR count). The van der Waals surface area contributed by atoms with Crippen molar-refractivity contribution >= 4 is 17.5 Å². The molecule has 2 heterocycles. The molecular weight excluding hydrogens is 308 g/mol. The number of benzene rings is 1. The van der Waals surface area contributed by atoms with E-state index in [-0.39, 0.29) is 5.91 Å². The maximum atomic E-state index is 12.3. The lowest BCUT2D eigenvalue weighted by Gasteiger charge is -2.26. The zero-order chi connectivity index (χ0) is 16.8. The molecule has 1 aliphatic heterocycles. The van der Waals surface area contributed by atoms with Crippen LogP contribution in [0.25, 0.3) is 0 Å². The minimum atomic E-state index is -0.243. The first kappa shape index (κ1) is 16.2. The molecule has 0 radical (unpaired) electrons. The van der Waals surface area contributed by atoms with Crippen LogP contribution in [-0.2, 0) is 4.74 Å². The summed E-state index contributed by atoms with van der Waals surface area (Å²) in [6.45, 7) is 5.40. The summed E-state index contributed by atoms with van der Waals surface area (Å²) in [5.41, 5.74) is 1.11. The molecule has 1 aliphatic rings. The van der Waals surface area contributed by atoms with Crippen molar-refractivity contribution in [3.8, 4) is 5.75 Å². The predicted octanol–water partition coefficient (Wildman–Crippen LogP) is 1.96. The first-order valence-corrected chi connectivity index (χ1v) is 7.95. The first-order valence-electron chi connectivity index (χ1n) is 7.95. The van der Waals surface area contributed by atoms with E-state index in [0.717, 1.165) is 18.8 Å². The number of nitrogens with one attached hydrogen (secondary N) is 1. The largest absolute Gasteiger partial charge is 0.494 e. The van der Waals surface area contributed by atoms with Crippen LogP contribution in [0.5, 0.6) is 5.75 Å². The van der Waals surface area contributed by atoms with Crippen LogP contribution in [0.4, 0.5) is 11.6 Å². The van der Waals surface area contributed by atoms with E-state index in [0.29, 0.717) is 37.0 Å². The van der Waals surface area contributed by atoms with Gasteiger partial charge in [0.25, 0.3) is 5.91 Å². The van der Waals surface area contributed by atoms with Gasteiger partial charge in [-0.3, -0.25) is 4.79 Å². The number of morpholine rings is 1. The zero-order valence-electron chi connectivity index (χ0n) is 13.6. The molecule has 126 valence electrons. The molecule has 1 aromatic heterocycles.